The van der Waals surface area contributed by atoms with E-state index < -0.39 is 0 Å². The Labute approximate surface area is 147 Å². The molecule has 0 N–H and O–H groups in total. The molecule has 25 heavy (non-hydrogen) atoms. The van der Waals surface area contributed by atoms with Crippen LogP contribution in [0.15, 0.2) is 61.4 Å². The lowest BCUT2D eigenvalue weighted by atomic mass is 10.0. The normalized spacial score (nSPS) is 17.6. The Balaban J connectivity index is 1.64. The molecule has 0 radical (unpaired) electrons. The minimum Gasteiger partial charge on any atom is -0.337 e. The van der Waals surface area contributed by atoms with E-state index >= 15 is 0 Å². The van der Waals surface area contributed by atoms with Crippen molar-refractivity contribution in [3.05, 3.63) is 72.6 Å². The van der Waals surface area contributed by atoms with Crippen molar-refractivity contribution in [3.63, 3.8) is 0 Å². The molecule has 5 nitrogen and oxygen atoms in total. The van der Waals surface area contributed by atoms with Crippen LogP contribution in [-0.2, 0) is 0 Å². The summed E-state index contributed by atoms with van der Waals surface area (Å²) >= 11 is 0. The van der Waals surface area contributed by atoms with E-state index in [9.17, 15) is 4.79 Å². The van der Waals surface area contributed by atoms with Crippen molar-refractivity contribution in [2.45, 2.75) is 25.8 Å². The number of benzene rings is 1. The maximum absolute atomic E-state index is 13.3. The second kappa shape index (κ2) is 6.59. The minimum absolute atomic E-state index is 0.109. The van der Waals surface area contributed by atoms with Crippen molar-refractivity contribution < 1.29 is 4.79 Å². The summed E-state index contributed by atoms with van der Waals surface area (Å²) in [6, 6.07) is 10.2. The van der Waals surface area contributed by atoms with Crippen LogP contribution in [0.2, 0.25) is 0 Å². The summed E-state index contributed by atoms with van der Waals surface area (Å²) < 4.78 is 4.14. The van der Waals surface area contributed by atoms with E-state index in [-0.39, 0.29) is 5.91 Å². The van der Waals surface area contributed by atoms with Crippen molar-refractivity contribution >= 4 is 5.91 Å². The smallest absolute Gasteiger partial charge is 0.256 e. The molecule has 128 valence electrons. The first-order chi connectivity index (χ1) is 12.2. The van der Waals surface area contributed by atoms with Crippen molar-refractivity contribution in [1.29, 1.82) is 0 Å². The van der Waals surface area contributed by atoms with E-state index in [1.165, 1.54) is 0 Å². The molecule has 1 saturated heterocycles. The molecule has 0 bridgehead atoms. The number of aromatic nitrogens is 3. The lowest BCUT2D eigenvalue weighted by molar-refractivity contribution is 0.0679. The van der Waals surface area contributed by atoms with Gasteiger partial charge in [-0.25, -0.2) is 4.98 Å². The fraction of sp³-hybridized carbons (Fsp3) is 0.300. The van der Waals surface area contributed by atoms with Crippen LogP contribution in [0.1, 0.15) is 34.8 Å². The highest BCUT2D eigenvalue weighted by Gasteiger charge is 2.27. The van der Waals surface area contributed by atoms with Gasteiger partial charge >= 0.3 is 0 Å². The van der Waals surface area contributed by atoms with Gasteiger partial charge in [0.05, 0.1) is 23.6 Å². The summed E-state index contributed by atoms with van der Waals surface area (Å²) in [5.41, 5.74) is 2.84. The van der Waals surface area contributed by atoms with Crippen LogP contribution in [0, 0.1) is 6.92 Å². The third-order valence-electron chi connectivity index (χ3n) is 4.96. The van der Waals surface area contributed by atoms with E-state index in [4.69, 9.17) is 0 Å². The first-order valence-corrected chi connectivity index (χ1v) is 8.74. The molecule has 1 aromatic carbocycles. The van der Waals surface area contributed by atoms with Gasteiger partial charge < -0.3 is 14.0 Å². The van der Waals surface area contributed by atoms with Crippen LogP contribution in [-0.4, -0.2) is 38.0 Å². The summed E-state index contributed by atoms with van der Waals surface area (Å²) in [6.45, 7) is 3.59. The van der Waals surface area contributed by atoms with E-state index in [0.29, 0.717) is 6.04 Å². The Kier molecular flexibility index (Phi) is 4.14. The second-order valence-corrected chi connectivity index (χ2v) is 6.62. The second-order valence-electron chi connectivity index (χ2n) is 6.62. The van der Waals surface area contributed by atoms with Gasteiger partial charge in [0.1, 0.15) is 0 Å². The van der Waals surface area contributed by atoms with Crippen LogP contribution >= 0.6 is 0 Å². The molecular formula is C20H22N4O. The Morgan fingerprint density at radius 1 is 1.16 bits per heavy atom. The van der Waals surface area contributed by atoms with Crippen LogP contribution in [0.4, 0.5) is 0 Å². The van der Waals surface area contributed by atoms with Crippen molar-refractivity contribution in [2.24, 2.45) is 0 Å². The third-order valence-corrected chi connectivity index (χ3v) is 4.96. The molecule has 1 fully saturated rings. The van der Waals surface area contributed by atoms with Crippen LogP contribution in [0.3, 0.4) is 0 Å². The van der Waals surface area contributed by atoms with E-state index in [2.05, 4.69) is 22.5 Å². The van der Waals surface area contributed by atoms with Crippen LogP contribution in [0.5, 0.6) is 0 Å². The molecular weight excluding hydrogens is 312 g/mol. The standard InChI is InChI=1S/C20H22N4O/c1-16-6-4-8-18(19(16)22-10-2-3-11-22)20(25)23-12-5-7-17(14-23)24-13-9-21-15-24/h2-4,6,8-11,13,15,17H,5,7,12,14H2,1H3/t17-/m1/s1. The number of likely N-dealkylation sites (tertiary alicyclic amines) is 1. The molecule has 3 heterocycles. The predicted octanol–water partition coefficient (Wildman–Crippen LogP) is 3.46. The molecule has 4 rings (SSSR count). The number of imidazole rings is 1. The molecule has 1 aliphatic rings. The van der Waals surface area contributed by atoms with Gasteiger partial charge in [-0.2, -0.15) is 0 Å². The summed E-state index contributed by atoms with van der Waals surface area (Å²) in [7, 11) is 0. The SMILES string of the molecule is Cc1cccc(C(=O)N2CCC[C@@H](n3ccnc3)C2)c1-n1cccc1. The van der Waals surface area contributed by atoms with E-state index in [1.807, 2.05) is 58.7 Å². The highest BCUT2D eigenvalue weighted by molar-refractivity contribution is 5.98. The number of rotatable bonds is 3. The summed E-state index contributed by atoms with van der Waals surface area (Å²) in [6.07, 6.45) is 11.7. The van der Waals surface area contributed by atoms with Gasteiger partial charge in [-0.3, -0.25) is 4.79 Å². The molecule has 3 aromatic rings. The lowest BCUT2D eigenvalue weighted by Crippen LogP contribution is -2.40. The number of carbonyl (C=O) groups excluding carboxylic acids is 1. The van der Waals surface area contributed by atoms with Gasteiger partial charge in [-0.05, 0) is 43.5 Å². The largest absolute Gasteiger partial charge is 0.337 e. The van der Waals surface area contributed by atoms with Crippen molar-refractivity contribution in [2.75, 3.05) is 13.1 Å². The molecule has 2 aromatic heterocycles. The molecule has 0 spiro atoms. The van der Waals surface area contributed by atoms with E-state index in [1.54, 1.807) is 6.20 Å². The fourth-order valence-corrected chi connectivity index (χ4v) is 3.70. The van der Waals surface area contributed by atoms with Crippen molar-refractivity contribution in [1.82, 2.24) is 19.0 Å². The molecule has 1 aliphatic heterocycles. The van der Waals surface area contributed by atoms with Gasteiger partial charge in [0.2, 0.25) is 0 Å². The number of hydrogen-bond donors (Lipinski definition) is 0. The topological polar surface area (TPSA) is 43.1 Å². The maximum Gasteiger partial charge on any atom is 0.256 e. The molecule has 1 atom stereocenters. The number of amides is 1. The number of para-hydroxylation sites is 1. The third kappa shape index (κ3) is 2.97. The lowest BCUT2D eigenvalue weighted by Gasteiger charge is -2.34. The summed E-state index contributed by atoms with van der Waals surface area (Å²) in [4.78, 5) is 19.4. The van der Waals surface area contributed by atoms with Gasteiger partial charge in [-0.15, -0.1) is 0 Å². The quantitative estimate of drug-likeness (QED) is 0.736. The molecule has 0 unspecified atom stereocenters. The highest BCUT2D eigenvalue weighted by Crippen LogP contribution is 2.26. The van der Waals surface area contributed by atoms with Gasteiger partial charge in [0.25, 0.3) is 5.91 Å². The number of aryl methyl sites for hydroxylation is 1. The monoisotopic (exact) mass is 334 g/mol. The molecule has 0 saturated carbocycles. The van der Waals surface area contributed by atoms with Crippen LogP contribution < -0.4 is 0 Å². The fourth-order valence-electron chi connectivity index (χ4n) is 3.70. The Hall–Kier alpha value is -2.82. The number of carbonyl (C=O) groups is 1. The van der Waals surface area contributed by atoms with Crippen molar-refractivity contribution in [3.8, 4) is 5.69 Å². The molecule has 5 heteroatoms. The number of nitrogens with zero attached hydrogens (tertiary/aromatic N) is 4. The Morgan fingerprint density at radius 2 is 2.00 bits per heavy atom. The average Bonchev–Trinajstić information content (AvgIpc) is 3.35. The van der Waals surface area contributed by atoms with Gasteiger partial charge in [0, 0.05) is 37.9 Å². The predicted molar refractivity (Wildman–Crippen MR) is 96.9 cm³/mol. The number of piperidine rings is 1. The average molecular weight is 334 g/mol. The zero-order valence-corrected chi connectivity index (χ0v) is 14.4. The molecule has 0 aliphatic carbocycles. The minimum atomic E-state index is 0.109. The Bertz CT molecular complexity index is 852. The maximum atomic E-state index is 13.3. The van der Waals surface area contributed by atoms with Crippen LogP contribution in [0.25, 0.3) is 5.69 Å². The summed E-state index contributed by atoms with van der Waals surface area (Å²) in [5, 5.41) is 0. The molecule has 1 amide bonds. The first kappa shape index (κ1) is 15.7. The Morgan fingerprint density at radius 3 is 2.76 bits per heavy atom. The number of hydrogen-bond acceptors (Lipinski definition) is 2. The van der Waals surface area contributed by atoms with E-state index in [0.717, 1.165) is 42.7 Å². The first-order valence-electron chi connectivity index (χ1n) is 8.74. The summed E-state index contributed by atoms with van der Waals surface area (Å²) in [5.74, 6) is 0.109. The highest BCUT2D eigenvalue weighted by atomic mass is 16.2. The van der Waals surface area contributed by atoms with Gasteiger partial charge in [-0.1, -0.05) is 12.1 Å². The zero-order valence-electron chi connectivity index (χ0n) is 14.4. The zero-order chi connectivity index (χ0) is 17.2. The van der Waals surface area contributed by atoms with Gasteiger partial charge in [0.15, 0.2) is 0 Å².